The summed E-state index contributed by atoms with van der Waals surface area (Å²) in [5.41, 5.74) is 0. The van der Waals surface area contributed by atoms with Crippen molar-refractivity contribution in [3.8, 4) is 0 Å². The van der Waals surface area contributed by atoms with E-state index in [0.717, 1.165) is 0 Å². The minimum absolute atomic E-state index is 1.29. The minimum atomic E-state index is -2.34. The number of rotatable bonds is 1. The van der Waals surface area contributed by atoms with Crippen LogP contribution < -0.4 is 0 Å². The average molecular weight is 148 g/mol. The Morgan fingerprint density at radius 2 is 1.67 bits per heavy atom. The van der Waals surface area contributed by atoms with Crippen LogP contribution in [0.1, 0.15) is 0 Å². The molecule has 0 heterocycles. The van der Waals surface area contributed by atoms with E-state index in [-0.39, 0.29) is 0 Å². The fourth-order valence-electron chi connectivity index (χ4n) is 0. The second-order valence-corrected chi connectivity index (χ2v) is 3.13. The Kier molecular flexibility index (Phi) is 3.12. The standard InChI is InChI=1S/CHCl2O2S/c2-1(3)6(4)5/h1H. The van der Waals surface area contributed by atoms with E-state index >= 15 is 0 Å². The first-order valence-corrected chi connectivity index (χ1v) is 3.02. The monoisotopic (exact) mass is 147 g/mol. The van der Waals surface area contributed by atoms with E-state index in [0.29, 0.717) is 0 Å². The van der Waals surface area contributed by atoms with E-state index in [2.05, 4.69) is 0 Å². The largest absolute Gasteiger partial charge is 0.224 e. The van der Waals surface area contributed by atoms with E-state index < -0.39 is 15.2 Å². The Labute approximate surface area is 47.7 Å². The predicted molar refractivity (Wildman–Crippen MR) is 24.3 cm³/mol. The van der Waals surface area contributed by atoms with Crippen LogP contribution in [-0.4, -0.2) is 8.38 Å². The molecule has 0 N–H and O–H groups in total. The molecular formula is CHCl2O2S. The second kappa shape index (κ2) is 2.80. The molecule has 2 nitrogen and oxygen atoms in total. The first kappa shape index (κ1) is 6.69. The number of hydrogen-bond donors (Lipinski definition) is 0. The highest BCUT2D eigenvalue weighted by atomic mass is 35.5. The van der Waals surface area contributed by atoms with Gasteiger partial charge in [0.1, 0.15) is 0 Å². The van der Waals surface area contributed by atoms with Crippen LogP contribution in [0.25, 0.3) is 0 Å². The SMILES string of the molecule is [O]S(=O)C(Cl)Cl. The van der Waals surface area contributed by atoms with Crippen LogP contribution in [0.3, 0.4) is 0 Å². The lowest BCUT2D eigenvalue weighted by Gasteiger charge is -1.82. The first-order valence-electron chi connectivity index (χ1n) is 1.01. The van der Waals surface area contributed by atoms with Gasteiger partial charge in [-0.15, -0.1) is 4.55 Å². The average Bonchev–Trinajstić information content (AvgIpc) is 1.36. The van der Waals surface area contributed by atoms with E-state index in [4.69, 9.17) is 23.2 Å². The summed E-state index contributed by atoms with van der Waals surface area (Å²) >= 11 is 7.19. The number of halogens is 2. The minimum Gasteiger partial charge on any atom is -0.224 e. The van der Waals surface area contributed by atoms with Gasteiger partial charge in [-0.3, -0.25) is 0 Å². The molecule has 1 radical (unpaired) electrons. The van der Waals surface area contributed by atoms with Crippen molar-refractivity contribution in [1.29, 1.82) is 0 Å². The van der Waals surface area contributed by atoms with Gasteiger partial charge in [0.25, 0.3) is 0 Å². The van der Waals surface area contributed by atoms with Crippen molar-refractivity contribution < 1.29 is 8.76 Å². The summed E-state index contributed by atoms with van der Waals surface area (Å²) in [4.78, 5) is 0. The maximum Gasteiger partial charge on any atom is 0.222 e. The first-order chi connectivity index (χ1) is 2.64. The van der Waals surface area contributed by atoms with Crippen molar-refractivity contribution in [2.45, 2.75) is 4.17 Å². The highest BCUT2D eigenvalue weighted by Crippen LogP contribution is 2.03. The Balaban J connectivity index is 3.26. The van der Waals surface area contributed by atoms with Gasteiger partial charge in [-0.25, -0.2) is 4.21 Å². The Hall–Kier alpha value is 0.690. The zero-order chi connectivity index (χ0) is 5.15. The molecule has 5 heteroatoms. The Bertz CT molecular complexity index is 62.6. The molecule has 0 amide bonds. The third kappa shape index (κ3) is 2.90. The van der Waals surface area contributed by atoms with Gasteiger partial charge in [0.05, 0.1) is 0 Å². The highest BCUT2D eigenvalue weighted by molar-refractivity contribution is 7.82. The fraction of sp³-hybridized carbons (Fsp3) is 1.00. The highest BCUT2D eigenvalue weighted by Gasteiger charge is 2.04. The van der Waals surface area contributed by atoms with Gasteiger partial charge in [-0.1, -0.05) is 23.2 Å². The molecule has 0 aromatic carbocycles. The van der Waals surface area contributed by atoms with Gasteiger partial charge in [-0.05, 0) is 0 Å². The summed E-state index contributed by atoms with van der Waals surface area (Å²) in [6, 6.07) is 0. The summed E-state index contributed by atoms with van der Waals surface area (Å²) in [5.74, 6) is 0. The van der Waals surface area contributed by atoms with Gasteiger partial charge in [-0.2, -0.15) is 0 Å². The summed E-state index contributed by atoms with van der Waals surface area (Å²) in [6.45, 7) is 0. The van der Waals surface area contributed by atoms with Crippen LogP contribution in [0.4, 0.5) is 0 Å². The molecule has 0 aliphatic rings. The predicted octanol–water partition coefficient (Wildman–Crippen LogP) is 0.842. The summed E-state index contributed by atoms with van der Waals surface area (Å²) in [6.07, 6.45) is 0. The van der Waals surface area contributed by atoms with Crippen LogP contribution in [0.2, 0.25) is 0 Å². The summed E-state index contributed by atoms with van der Waals surface area (Å²) in [7, 11) is 0. The van der Waals surface area contributed by atoms with E-state index in [1.807, 2.05) is 0 Å². The zero-order valence-corrected chi connectivity index (χ0v) is 4.89. The molecule has 6 heavy (non-hydrogen) atoms. The second-order valence-electron chi connectivity index (χ2n) is 0.521. The van der Waals surface area contributed by atoms with Gasteiger partial charge < -0.3 is 0 Å². The Morgan fingerprint density at radius 3 is 1.67 bits per heavy atom. The van der Waals surface area contributed by atoms with Crippen molar-refractivity contribution >= 4 is 34.3 Å². The van der Waals surface area contributed by atoms with E-state index in [9.17, 15) is 8.76 Å². The van der Waals surface area contributed by atoms with E-state index in [1.54, 1.807) is 0 Å². The molecule has 37 valence electrons. The van der Waals surface area contributed by atoms with Gasteiger partial charge in [0, 0.05) is 0 Å². The Morgan fingerprint density at radius 1 is 1.50 bits per heavy atom. The number of alkyl halides is 2. The molecule has 0 aromatic rings. The molecule has 0 bridgehead atoms. The lowest BCUT2D eigenvalue weighted by atomic mass is 11.9. The third-order valence-electron chi connectivity index (χ3n) is 0.145. The van der Waals surface area contributed by atoms with Crippen molar-refractivity contribution in [3.63, 3.8) is 0 Å². The zero-order valence-electron chi connectivity index (χ0n) is 2.56. The molecule has 0 aliphatic heterocycles. The van der Waals surface area contributed by atoms with Crippen LogP contribution in [0, 0.1) is 0 Å². The maximum atomic E-state index is 9.44. The van der Waals surface area contributed by atoms with Crippen molar-refractivity contribution in [2.24, 2.45) is 0 Å². The van der Waals surface area contributed by atoms with Crippen LogP contribution in [-0.2, 0) is 15.6 Å². The molecule has 0 fully saturated rings. The quantitative estimate of drug-likeness (QED) is 0.507. The molecule has 1 atom stereocenters. The lowest BCUT2D eigenvalue weighted by Crippen LogP contribution is -1.92. The fourth-order valence-corrected chi connectivity index (χ4v) is 0. The summed E-state index contributed by atoms with van der Waals surface area (Å²) in [5, 5.41) is 0. The third-order valence-corrected chi connectivity index (χ3v) is 1.31. The normalized spacial score (nSPS) is 15.3. The molecule has 1 unspecified atom stereocenters. The van der Waals surface area contributed by atoms with E-state index in [1.165, 1.54) is 0 Å². The summed E-state index contributed by atoms with van der Waals surface area (Å²) < 4.78 is 17.6. The van der Waals surface area contributed by atoms with Gasteiger partial charge >= 0.3 is 0 Å². The lowest BCUT2D eigenvalue weighted by molar-refractivity contribution is 0.475. The van der Waals surface area contributed by atoms with Crippen molar-refractivity contribution in [2.75, 3.05) is 0 Å². The van der Waals surface area contributed by atoms with Gasteiger partial charge in [0.2, 0.25) is 15.2 Å². The van der Waals surface area contributed by atoms with Crippen LogP contribution in [0.5, 0.6) is 0 Å². The smallest absolute Gasteiger partial charge is 0.222 e. The molecular weight excluding hydrogens is 147 g/mol. The van der Waals surface area contributed by atoms with Crippen molar-refractivity contribution in [1.82, 2.24) is 0 Å². The molecule has 0 aromatic heterocycles. The molecule has 0 rings (SSSR count). The van der Waals surface area contributed by atoms with Crippen LogP contribution in [0.15, 0.2) is 0 Å². The maximum absolute atomic E-state index is 9.44. The molecule has 0 aliphatic carbocycles. The molecule has 0 spiro atoms. The molecule has 0 saturated carbocycles. The van der Waals surface area contributed by atoms with Gasteiger partial charge in [0.15, 0.2) is 0 Å². The van der Waals surface area contributed by atoms with Crippen LogP contribution >= 0.6 is 23.2 Å². The topological polar surface area (TPSA) is 37.0 Å². The van der Waals surface area contributed by atoms with Crippen molar-refractivity contribution in [3.05, 3.63) is 0 Å². The molecule has 0 saturated heterocycles. The number of hydrogen-bond acceptors (Lipinski definition) is 1.